The minimum absolute atomic E-state index is 0.239. The summed E-state index contributed by atoms with van der Waals surface area (Å²) in [5, 5.41) is 7.70. The van der Waals surface area contributed by atoms with Crippen LogP contribution in [0.4, 0.5) is 14.7 Å². The van der Waals surface area contributed by atoms with Gasteiger partial charge in [-0.15, -0.1) is 0 Å². The van der Waals surface area contributed by atoms with E-state index in [0.717, 1.165) is 63.0 Å². The molecule has 11 heteroatoms. The van der Waals surface area contributed by atoms with Crippen molar-refractivity contribution in [3.05, 3.63) is 69.3 Å². The van der Waals surface area contributed by atoms with Crippen LogP contribution in [0.25, 0.3) is 22.6 Å². The number of fused-ring (bicyclic) bond motifs is 1. The average Bonchev–Trinajstić information content (AvgIpc) is 3.26. The number of benzene rings is 2. The monoisotopic (exact) mass is 587 g/mol. The van der Waals surface area contributed by atoms with Crippen molar-refractivity contribution in [3.8, 4) is 11.4 Å². The third-order valence-electron chi connectivity index (χ3n) is 7.16. The number of anilines is 1. The summed E-state index contributed by atoms with van der Waals surface area (Å²) in [6.07, 6.45) is 5.73. The first-order chi connectivity index (χ1) is 19.3. The maximum absolute atomic E-state index is 13.7. The summed E-state index contributed by atoms with van der Waals surface area (Å²) >= 11 is 13.7. The van der Waals surface area contributed by atoms with Gasteiger partial charge in [0.25, 0.3) is 0 Å². The van der Waals surface area contributed by atoms with Crippen LogP contribution >= 0.6 is 23.2 Å². The van der Waals surface area contributed by atoms with Crippen molar-refractivity contribution in [1.29, 1.82) is 0 Å². The van der Waals surface area contributed by atoms with Gasteiger partial charge in [-0.2, -0.15) is 4.98 Å². The predicted molar refractivity (Wildman–Crippen MR) is 157 cm³/mol. The summed E-state index contributed by atoms with van der Waals surface area (Å²) in [6, 6.07) is 7.75. The van der Waals surface area contributed by atoms with Gasteiger partial charge in [-0.05, 0) is 101 Å². The number of hydrogen-bond donors (Lipinski definition) is 2. The van der Waals surface area contributed by atoms with Crippen molar-refractivity contribution in [2.45, 2.75) is 38.8 Å². The van der Waals surface area contributed by atoms with Crippen LogP contribution in [0.2, 0.25) is 10.0 Å². The van der Waals surface area contributed by atoms with Crippen LogP contribution in [-0.4, -0.2) is 58.1 Å². The molecule has 5 rings (SSSR count). The molecule has 1 saturated heterocycles. The van der Waals surface area contributed by atoms with Crippen LogP contribution in [0.15, 0.2) is 36.5 Å². The zero-order chi connectivity index (χ0) is 28.2. The number of aromatic nitrogens is 4. The highest BCUT2D eigenvalue weighted by molar-refractivity contribution is 6.39. The Kier molecular flexibility index (Phi) is 9.15. The summed E-state index contributed by atoms with van der Waals surface area (Å²) in [5.41, 5.74) is 3.63. The van der Waals surface area contributed by atoms with Crippen molar-refractivity contribution in [2.75, 3.05) is 39.0 Å². The second-order valence-electron chi connectivity index (χ2n) is 10.6. The molecule has 0 aliphatic carbocycles. The van der Waals surface area contributed by atoms with Gasteiger partial charge in [0.1, 0.15) is 11.3 Å². The van der Waals surface area contributed by atoms with Crippen LogP contribution in [0.1, 0.15) is 30.4 Å². The van der Waals surface area contributed by atoms with E-state index in [0.29, 0.717) is 56.6 Å². The summed E-state index contributed by atoms with van der Waals surface area (Å²) in [6.45, 7) is 3.82. The molecule has 4 aromatic rings. The molecule has 3 heterocycles. The van der Waals surface area contributed by atoms with E-state index in [1.165, 1.54) is 6.07 Å². The molecule has 212 valence electrons. The lowest BCUT2D eigenvalue weighted by Crippen LogP contribution is -2.32. The van der Waals surface area contributed by atoms with Gasteiger partial charge in [-0.25, -0.2) is 18.7 Å². The van der Waals surface area contributed by atoms with E-state index in [1.54, 1.807) is 6.20 Å². The largest absolute Gasteiger partial charge is 0.350 e. The molecule has 0 spiro atoms. The van der Waals surface area contributed by atoms with Crippen LogP contribution in [-0.2, 0) is 19.5 Å². The Hall–Kier alpha value is -2.85. The van der Waals surface area contributed by atoms with Gasteiger partial charge in [0, 0.05) is 13.1 Å². The Morgan fingerprint density at radius 1 is 1.07 bits per heavy atom. The number of nitrogens with zero attached hydrogens (tertiary/aromatic N) is 5. The molecule has 2 aromatic heterocycles. The van der Waals surface area contributed by atoms with Gasteiger partial charge >= 0.3 is 0 Å². The highest BCUT2D eigenvalue weighted by atomic mass is 35.5. The summed E-state index contributed by atoms with van der Waals surface area (Å²) in [7, 11) is 4.11. The van der Waals surface area contributed by atoms with E-state index in [4.69, 9.17) is 33.2 Å². The number of aryl methyl sites for hydroxylation is 1. The minimum Gasteiger partial charge on any atom is -0.350 e. The number of hydrogen-bond acceptors (Lipinski definition) is 6. The Balaban J connectivity index is 1.49. The van der Waals surface area contributed by atoms with E-state index in [9.17, 15) is 8.78 Å². The maximum atomic E-state index is 13.7. The van der Waals surface area contributed by atoms with Crippen molar-refractivity contribution in [3.63, 3.8) is 0 Å². The lowest BCUT2D eigenvalue weighted by molar-refractivity contribution is 0.341. The molecule has 0 bridgehead atoms. The van der Waals surface area contributed by atoms with Crippen molar-refractivity contribution in [2.24, 2.45) is 5.92 Å². The van der Waals surface area contributed by atoms with Gasteiger partial charge in [0.15, 0.2) is 17.3 Å². The first kappa shape index (κ1) is 28.7. The summed E-state index contributed by atoms with van der Waals surface area (Å²) < 4.78 is 29.1. The molecule has 2 aromatic carbocycles. The molecule has 0 radical (unpaired) electrons. The number of imidazole rings is 1. The Labute approximate surface area is 242 Å². The van der Waals surface area contributed by atoms with Gasteiger partial charge in [-0.1, -0.05) is 29.3 Å². The summed E-state index contributed by atoms with van der Waals surface area (Å²) in [4.78, 5) is 16.2. The quantitative estimate of drug-likeness (QED) is 0.231. The second kappa shape index (κ2) is 12.8. The first-order valence-corrected chi connectivity index (χ1v) is 14.3. The SMILES string of the molecule is CN(C)CCCc1cc(Cl)c(-c2nc3cnc(NCc4ccc(F)c(F)c4)nc3n2CC2CCCNC2)c(Cl)c1. The van der Waals surface area contributed by atoms with E-state index >= 15 is 0 Å². The smallest absolute Gasteiger partial charge is 0.225 e. The van der Waals surface area contributed by atoms with E-state index < -0.39 is 11.6 Å². The molecule has 1 aliphatic heterocycles. The average molecular weight is 589 g/mol. The molecule has 2 N–H and O–H groups in total. The van der Waals surface area contributed by atoms with E-state index in [-0.39, 0.29) is 6.54 Å². The van der Waals surface area contributed by atoms with Gasteiger partial charge in [0.2, 0.25) is 5.95 Å². The zero-order valence-corrected chi connectivity index (χ0v) is 24.2. The molecule has 0 saturated carbocycles. The van der Waals surface area contributed by atoms with E-state index in [2.05, 4.69) is 39.2 Å². The number of rotatable bonds is 10. The highest BCUT2D eigenvalue weighted by Crippen LogP contribution is 2.38. The molecule has 1 unspecified atom stereocenters. The molecule has 1 aliphatic rings. The van der Waals surface area contributed by atoms with Crippen molar-refractivity contribution in [1.82, 2.24) is 29.7 Å². The molecular weight excluding hydrogens is 555 g/mol. The molecule has 0 amide bonds. The zero-order valence-electron chi connectivity index (χ0n) is 22.7. The highest BCUT2D eigenvalue weighted by Gasteiger charge is 2.23. The molecule has 1 atom stereocenters. The standard InChI is InChI=1S/C29H33Cl2F2N7/c1-39(2)10-4-6-18-11-21(30)26(22(31)12-18)28-37-25-16-36-29(35-15-19-7-8-23(32)24(33)13-19)38-27(25)40(28)17-20-5-3-9-34-14-20/h7-8,11-13,16,20,34H,3-6,9-10,14-15,17H2,1-2H3,(H,35,36,38). The first-order valence-electron chi connectivity index (χ1n) is 13.5. The maximum Gasteiger partial charge on any atom is 0.225 e. The van der Waals surface area contributed by atoms with Crippen LogP contribution in [0.5, 0.6) is 0 Å². The minimum atomic E-state index is -0.892. The Bertz CT molecular complexity index is 1460. The third kappa shape index (κ3) is 6.71. The fraction of sp³-hybridized carbons (Fsp3) is 0.414. The summed E-state index contributed by atoms with van der Waals surface area (Å²) in [5.74, 6) is -0.366. The lowest BCUT2D eigenvalue weighted by Gasteiger charge is -2.24. The van der Waals surface area contributed by atoms with Gasteiger partial charge in [-0.3, -0.25) is 0 Å². The topological polar surface area (TPSA) is 70.9 Å². The number of nitrogens with one attached hydrogen (secondary N) is 2. The fourth-order valence-electron chi connectivity index (χ4n) is 5.12. The normalized spacial score (nSPS) is 15.7. The molecule has 1 fully saturated rings. The number of piperidine rings is 1. The number of halogens is 4. The predicted octanol–water partition coefficient (Wildman–Crippen LogP) is 6.18. The molecule has 40 heavy (non-hydrogen) atoms. The van der Waals surface area contributed by atoms with Gasteiger partial charge in [0.05, 0.1) is 21.8 Å². The van der Waals surface area contributed by atoms with E-state index in [1.807, 2.05) is 12.1 Å². The van der Waals surface area contributed by atoms with Crippen LogP contribution in [0, 0.1) is 17.6 Å². The Morgan fingerprint density at radius 2 is 1.88 bits per heavy atom. The molecular formula is C29H33Cl2F2N7. The second-order valence-corrected chi connectivity index (χ2v) is 11.4. The van der Waals surface area contributed by atoms with Gasteiger partial charge < -0.3 is 20.1 Å². The van der Waals surface area contributed by atoms with Crippen LogP contribution < -0.4 is 10.6 Å². The lowest BCUT2D eigenvalue weighted by atomic mass is 9.99. The van der Waals surface area contributed by atoms with Crippen molar-refractivity contribution >= 4 is 40.3 Å². The fourth-order valence-corrected chi connectivity index (χ4v) is 5.82. The Morgan fingerprint density at radius 3 is 2.58 bits per heavy atom. The molecule has 7 nitrogen and oxygen atoms in total. The third-order valence-corrected chi connectivity index (χ3v) is 7.75. The van der Waals surface area contributed by atoms with Crippen molar-refractivity contribution < 1.29 is 8.78 Å². The van der Waals surface area contributed by atoms with Crippen LogP contribution in [0.3, 0.4) is 0 Å².